The summed E-state index contributed by atoms with van der Waals surface area (Å²) in [5, 5.41) is 7.18. The van der Waals surface area contributed by atoms with Crippen LogP contribution in [0.3, 0.4) is 0 Å². The van der Waals surface area contributed by atoms with Gasteiger partial charge in [-0.2, -0.15) is 9.40 Å². The van der Waals surface area contributed by atoms with E-state index in [1.54, 1.807) is 30.5 Å². The number of hydrogen-bond acceptors (Lipinski definition) is 5. The second-order valence-corrected chi connectivity index (χ2v) is 9.90. The molecule has 1 aromatic heterocycles. The summed E-state index contributed by atoms with van der Waals surface area (Å²) in [6.45, 7) is 2.73. The number of rotatable bonds is 9. The fourth-order valence-corrected chi connectivity index (χ4v) is 5.14. The molecular weight excluding hydrogens is 440 g/mol. The van der Waals surface area contributed by atoms with Gasteiger partial charge in [0.25, 0.3) is 0 Å². The van der Waals surface area contributed by atoms with E-state index in [9.17, 15) is 13.2 Å². The lowest BCUT2D eigenvalue weighted by molar-refractivity contribution is -0.121. The molecule has 1 N–H and O–H groups in total. The molecule has 0 atom stereocenters. The Hall–Kier alpha value is -3.01. The van der Waals surface area contributed by atoms with Crippen LogP contribution in [0.1, 0.15) is 23.1 Å². The summed E-state index contributed by atoms with van der Waals surface area (Å²) < 4.78 is 33.9. The Balaban J connectivity index is 1.25. The number of nitrogens with zero attached hydrogens (tertiary/aromatic N) is 3. The first-order chi connectivity index (χ1) is 16.0. The van der Waals surface area contributed by atoms with E-state index < -0.39 is 10.0 Å². The largest absolute Gasteiger partial charge is 0.379 e. The number of benzene rings is 2. The Morgan fingerprint density at radius 2 is 1.76 bits per heavy atom. The molecule has 1 aliphatic rings. The van der Waals surface area contributed by atoms with Crippen molar-refractivity contribution in [3.05, 3.63) is 83.7 Å². The number of hydrogen-bond donors (Lipinski definition) is 1. The van der Waals surface area contributed by atoms with E-state index in [4.69, 9.17) is 4.74 Å². The molecule has 1 saturated heterocycles. The van der Waals surface area contributed by atoms with Gasteiger partial charge in [0.15, 0.2) is 0 Å². The van der Waals surface area contributed by atoms with Gasteiger partial charge in [0.05, 0.1) is 24.7 Å². The zero-order chi connectivity index (χ0) is 23.1. The molecule has 1 aliphatic heterocycles. The highest BCUT2D eigenvalue weighted by Gasteiger charge is 2.26. The van der Waals surface area contributed by atoms with Gasteiger partial charge < -0.3 is 10.1 Å². The van der Waals surface area contributed by atoms with Crippen LogP contribution in [-0.4, -0.2) is 54.7 Å². The van der Waals surface area contributed by atoms with Gasteiger partial charge in [-0.3, -0.25) is 9.48 Å². The summed E-state index contributed by atoms with van der Waals surface area (Å²) in [5.41, 5.74) is 3.08. The van der Waals surface area contributed by atoms with Crippen molar-refractivity contribution in [2.24, 2.45) is 0 Å². The molecule has 0 unspecified atom stereocenters. The molecule has 4 rings (SSSR count). The Morgan fingerprint density at radius 3 is 2.48 bits per heavy atom. The maximum atomic E-state index is 12.7. The van der Waals surface area contributed by atoms with E-state index in [0.717, 1.165) is 16.7 Å². The summed E-state index contributed by atoms with van der Waals surface area (Å²) in [6.07, 6.45) is 4.55. The van der Waals surface area contributed by atoms with Gasteiger partial charge in [0, 0.05) is 38.4 Å². The molecule has 2 heterocycles. The van der Waals surface area contributed by atoms with Crippen molar-refractivity contribution in [1.29, 1.82) is 0 Å². The monoisotopic (exact) mass is 468 g/mol. The normalized spacial score (nSPS) is 14.8. The summed E-state index contributed by atoms with van der Waals surface area (Å²) in [5.74, 6) is -0.0440. The third-order valence-corrected chi connectivity index (χ3v) is 7.47. The van der Waals surface area contributed by atoms with Crippen LogP contribution in [0, 0.1) is 0 Å². The smallest absolute Gasteiger partial charge is 0.243 e. The third-order valence-electron chi connectivity index (χ3n) is 5.56. The molecular formula is C24H28N4O4S. The number of carbonyl (C=O) groups excluding carboxylic acids is 1. The fraction of sp³-hybridized carbons (Fsp3) is 0.333. The van der Waals surface area contributed by atoms with Crippen molar-refractivity contribution in [2.45, 2.75) is 30.8 Å². The fourth-order valence-electron chi connectivity index (χ4n) is 3.73. The lowest BCUT2D eigenvalue weighted by Crippen LogP contribution is -2.40. The molecule has 2 aromatic carbocycles. The highest BCUT2D eigenvalue weighted by molar-refractivity contribution is 7.89. The standard InChI is InChI=1S/C24H28N4O4S/c29-24(25-18-21-3-1-4-22(17-21)19-27-12-2-11-26-27)10-7-20-5-8-23(9-6-20)33(30,31)28-13-15-32-16-14-28/h1-6,8-9,11-12,17H,7,10,13-16,18-19H2,(H,25,29). The van der Waals surface area contributed by atoms with Crippen molar-refractivity contribution in [3.63, 3.8) is 0 Å². The van der Waals surface area contributed by atoms with E-state index >= 15 is 0 Å². The van der Waals surface area contributed by atoms with Gasteiger partial charge in [0.1, 0.15) is 0 Å². The van der Waals surface area contributed by atoms with Crippen LogP contribution in [0.25, 0.3) is 0 Å². The number of aryl methyl sites for hydroxylation is 1. The molecule has 0 saturated carbocycles. The Labute approximate surface area is 194 Å². The molecule has 0 bridgehead atoms. The van der Waals surface area contributed by atoms with E-state index in [2.05, 4.69) is 16.5 Å². The zero-order valence-electron chi connectivity index (χ0n) is 18.4. The number of sulfonamides is 1. The van der Waals surface area contributed by atoms with E-state index in [1.807, 2.05) is 35.1 Å². The molecule has 33 heavy (non-hydrogen) atoms. The second kappa shape index (κ2) is 10.7. The van der Waals surface area contributed by atoms with E-state index in [0.29, 0.717) is 52.2 Å². The third kappa shape index (κ3) is 6.28. The van der Waals surface area contributed by atoms with Gasteiger partial charge in [0.2, 0.25) is 15.9 Å². The summed E-state index contributed by atoms with van der Waals surface area (Å²) >= 11 is 0. The topological polar surface area (TPSA) is 93.5 Å². The van der Waals surface area contributed by atoms with Crippen molar-refractivity contribution in [1.82, 2.24) is 19.4 Å². The maximum absolute atomic E-state index is 12.7. The number of ether oxygens (including phenoxy) is 1. The van der Waals surface area contributed by atoms with Crippen molar-refractivity contribution < 1.29 is 17.9 Å². The first-order valence-corrected chi connectivity index (χ1v) is 12.4. The van der Waals surface area contributed by atoms with Crippen molar-refractivity contribution in [3.8, 4) is 0 Å². The minimum absolute atomic E-state index is 0.0440. The minimum atomic E-state index is -3.50. The number of carbonyl (C=O) groups is 1. The predicted octanol–water partition coefficient (Wildman–Crippen LogP) is 2.20. The molecule has 9 heteroatoms. The van der Waals surface area contributed by atoms with Crippen LogP contribution < -0.4 is 5.32 Å². The van der Waals surface area contributed by atoms with Gasteiger partial charge in [-0.1, -0.05) is 36.4 Å². The van der Waals surface area contributed by atoms with Crippen LogP contribution in [0.4, 0.5) is 0 Å². The zero-order valence-corrected chi connectivity index (χ0v) is 19.2. The van der Waals surface area contributed by atoms with Gasteiger partial charge in [-0.15, -0.1) is 0 Å². The molecule has 3 aromatic rings. The lowest BCUT2D eigenvalue weighted by atomic mass is 10.1. The van der Waals surface area contributed by atoms with Gasteiger partial charge in [-0.05, 0) is 41.3 Å². The average Bonchev–Trinajstić information content (AvgIpc) is 3.35. The van der Waals surface area contributed by atoms with Crippen LogP contribution in [0.15, 0.2) is 71.9 Å². The van der Waals surface area contributed by atoms with Crippen molar-refractivity contribution >= 4 is 15.9 Å². The Bertz CT molecular complexity index is 1160. The molecule has 8 nitrogen and oxygen atoms in total. The molecule has 0 radical (unpaired) electrons. The Morgan fingerprint density at radius 1 is 1.00 bits per heavy atom. The van der Waals surface area contributed by atoms with Crippen LogP contribution in [0.5, 0.6) is 0 Å². The highest BCUT2D eigenvalue weighted by Crippen LogP contribution is 2.18. The average molecular weight is 469 g/mol. The number of nitrogens with one attached hydrogen (secondary N) is 1. The van der Waals surface area contributed by atoms with Crippen LogP contribution in [-0.2, 0) is 39.1 Å². The molecule has 1 amide bonds. The lowest BCUT2D eigenvalue weighted by Gasteiger charge is -2.26. The summed E-state index contributed by atoms with van der Waals surface area (Å²) in [6, 6.07) is 16.7. The van der Waals surface area contributed by atoms with Crippen LogP contribution in [0.2, 0.25) is 0 Å². The SMILES string of the molecule is O=C(CCc1ccc(S(=O)(=O)N2CCOCC2)cc1)NCc1cccc(Cn2cccn2)c1. The summed E-state index contributed by atoms with van der Waals surface area (Å²) in [4.78, 5) is 12.6. The molecule has 1 fully saturated rings. The Kier molecular flexibility index (Phi) is 7.54. The maximum Gasteiger partial charge on any atom is 0.243 e. The quantitative estimate of drug-likeness (QED) is 0.520. The molecule has 0 aliphatic carbocycles. The second-order valence-electron chi connectivity index (χ2n) is 7.96. The number of aromatic nitrogens is 2. The van der Waals surface area contributed by atoms with E-state index in [-0.39, 0.29) is 10.8 Å². The predicted molar refractivity (Wildman–Crippen MR) is 124 cm³/mol. The first-order valence-electron chi connectivity index (χ1n) is 11.0. The van der Waals surface area contributed by atoms with Crippen molar-refractivity contribution in [2.75, 3.05) is 26.3 Å². The molecule has 0 spiro atoms. The van der Waals surface area contributed by atoms with Gasteiger partial charge in [-0.25, -0.2) is 8.42 Å². The van der Waals surface area contributed by atoms with Gasteiger partial charge >= 0.3 is 0 Å². The van der Waals surface area contributed by atoms with Crippen LogP contribution >= 0.6 is 0 Å². The first kappa shape index (κ1) is 23.2. The minimum Gasteiger partial charge on any atom is -0.379 e. The number of morpholine rings is 1. The van der Waals surface area contributed by atoms with E-state index in [1.165, 1.54) is 4.31 Å². The molecule has 174 valence electrons. The summed E-state index contributed by atoms with van der Waals surface area (Å²) in [7, 11) is -3.50. The highest BCUT2D eigenvalue weighted by atomic mass is 32.2. The number of amides is 1.